The van der Waals surface area contributed by atoms with Gasteiger partial charge in [-0.2, -0.15) is 0 Å². The highest BCUT2D eigenvalue weighted by atomic mass is 16.5. The molecule has 1 aliphatic heterocycles. The van der Waals surface area contributed by atoms with Crippen LogP contribution < -0.4 is 10.9 Å². The van der Waals surface area contributed by atoms with Gasteiger partial charge in [-0.15, -0.1) is 0 Å². The van der Waals surface area contributed by atoms with E-state index >= 15 is 0 Å². The van der Waals surface area contributed by atoms with Crippen LogP contribution in [0.5, 0.6) is 0 Å². The third-order valence-electron chi connectivity index (χ3n) is 2.58. The molecule has 0 aromatic carbocycles. The number of H-pyrrole nitrogens is 1. The van der Waals surface area contributed by atoms with Gasteiger partial charge in [0, 0.05) is 19.3 Å². The van der Waals surface area contributed by atoms with E-state index in [-0.39, 0.29) is 23.1 Å². The average molecular weight is 222 g/mol. The molecule has 1 aromatic rings. The van der Waals surface area contributed by atoms with Crippen molar-refractivity contribution in [2.24, 2.45) is 0 Å². The summed E-state index contributed by atoms with van der Waals surface area (Å²) < 4.78 is 5.37. The first-order valence-corrected chi connectivity index (χ1v) is 5.35. The van der Waals surface area contributed by atoms with Crippen molar-refractivity contribution in [2.75, 3.05) is 13.2 Å². The quantitative estimate of drug-likeness (QED) is 0.771. The van der Waals surface area contributed by atoms with Crippen LogP contribution in [0.2, 0.25) is 0 Å². The molecule has 0 aliphatic carbocycles. The van der Waals surface area contributed by atoms with Gasteiger partial charge in [-0.25, -0.2) is 0 Å². The fourth-order valence-corrected chi connectivity index (χ4v) is 1.71. The zero-order chi connectivity index (χ0) is 11.4. The first kappa shape index (κ1) is 10.9. The first-order chi connectivity index (χ1) is 7.77. The van der Waals surface area contributed by atoms with E-state index in [4.69, 9.17) is 4.74 Å². The standard InChI is InChI=1S/C11H14N2O3/c14-10-9(4-1-5-12-10)11(15)13-7-8-3-2-6-16-8/h1,4-5,8H,2-3,6-7H2,(H,12,14)(H,13,15)/t8-/m0/s1. The number of amides is 1. The lowest BCUT2D eigenvalue weighted by Crippen LogP contribution is -2.34. The van der Waals surface area contributed by atoms with Crippen molar-refractivity contribution < 1.29 is 9.53 Å². The van der Waals surface area contributed by atoms with Crippen molar-refractivity contribution in [3.05, 3.63) is 34.2 Å². The van der Waals surface area contributed by atoms with Gasteiger partial charge >= 0.3 is 0 Å². The lowest BCUT2D eigenvalue weighted by Gasteiger charge is -2.10. The van der Waals surface area contributed by atoms with Crippen molar-refractivity contribution in [3.63, 3.8) is 0 Å². The Morgan fingerprint density at radius 2 is 2.50 bits per heavy atom. The molecule has 1 aliphatic rings. The van der Waals surface area contributed by atoms with Crippen LogP contribution >= 0.6 is 0 Å². The molecule has 1 aromatic heterocycles. The number of pyridine rings is 1. The highest BCUT2D eigenvalue weighted by molar-refractivity contribution is 5.93. The summed E-state index contributed by atoms with van der Waals surface area (Å²) in [7, 11) is 0. The Kier molecular flexibility index (Phi) is 3.36. The summed E-state index contributed by atoms with van der Waals surface area (Å²) in [5.41, 5.74) is -0.229. The second-order valence-electron chi connectivity index (χ2n) is 3.76. The Hall–Kier alpha value is -1.62. The van der Waals surface area contributed by atoms with Gasteiger partial charge in [0.15, 0.2) is 0 Å². The van der Waals surface area contributed by atoms with E-state index < -0.39 is 0 Å². The summed E-state index contributed by atoms with van der Waals surface area (Å²) in [6.45, 7) is 1.22. The van der Waals surface area contributed by atoms with E-state index in [9.17, 15) is 9.59 Å². The molecular formula is C11H14N2O3. The molecule has 2 N–H and O–H groups in total. The molecule has 0 spiro atoms. The first-order valence-electron chi connectivity index (χ1n) is 5.35. The lowest BCUT2D eigenvalue weighted by molar-refractivity contribution is 0.0856. The number of carbonyl (C=O) groups is 1. The molecule has 16 heavy (non-hydrogen) atoms. The molecule has 86 valence electrons. The number of carbonyl (C=O) groups excluding carboxylic acids is 1. The minimum Gasteiger partial charge on any atom is -0.376 e. The van der Waals surface area contributed by atoms with Gasteiger partial charge in [0.05, 0.1) is 6.10 Å². The zero-order valence-corrected chi connectivity index (χ0v) is 8.86. The molecule has 1 fully saturated rings. The molecule has 5 nitrogen and oxygen atoms in total. The number of hydrogen-bond donors (Lipinski definition) is 2. The third-order valence-corrected chi connectivity index (χ3v) is 2.58. The van der Waals surface area contributed by atoms with Crippen molar-refractivity contribution in [1.82, 2.24) is 10.3 Å². The number of aromatic amines is 1. The Labute approximate surface area is 92.8 Å². The highest BCUT2D eigenvalue weighted by Crippen LogP contribution is 2.10. The molecule has 5 heteroatoms. The van der Waals surface area contributed by atoms with E-state index in [0.717, 1.165) is 19.4 Å². The van der Waals surface area contributed by atoms with E-state index in [1.54, 1.807) is 6.07 Å². The van der Waals surface area contributed by atoms with Gasteiger partial charge in [-0.1, -0.05) is 0 Å². The number of hydrogen-bond acceptors (Lipinski definition) is 3. The molecule has 0 saturated carbocycles. The average Bonchev–Trinajstić information content (AvgIpc) is 2.79. The SMILES string of the molecule is O=C(NC[C@@H]1CCCO1)c1ccc[nH]c1=O. The fourth-order valence-electron chi connectivity index (χ4n) is 1.71. The summed E-state index contributed by atoms with van der Waals surface area (Å²) in [6, 6.07) is 3.13. The molecular weight excluding hydrogens is 208 g/mol. The predicted molar refractivity (Wildman–Crippen MR) is 58.4 cm³/mol. The summed E-state index contributed by atoms with van der Waals surface area (Å²) in [5.74, 6) is -0.350. The normalized spacial score (nSPS) is 19.6. The summed E-state index contributed by atoms with van der Waals surface area (Å²) in [6.07, 6.45) is 3.59. The van der Waals surface area contributed by atoms with Gasteiger partial charge in [0.1, 0.15) is 5.56 Å². The number of rotatable bonds is 3. The van der Waals surface area contributed by atoms with E-state index in [0.29, 0.717) is 6.54 Å². The van der Waals surface area contributed by atoms with Crippen LogP contribution in [0.3, 0.4) is 0 Å². The van der Waals surface area contributed by atoms with Crippen molar-refractivity contribution >= 4 is 5.91 Å². The lowest BCUT2D eigenvalue weighted by atomic mass is 10.2. The van der Waals surface area contributed by atoms with Crippen LogP contribution in [-0.4, -0.2) is 30.1 Å². The van der Waals surface area contributed by atoms with Gasteiger partial charge in [0.2, 0.25) is 0 Å². The number of aromatic nitrogens is 1. The number of ether oxygens (including phenoxy) is 1. The monoisotopic (exact) mass is 222 g/mol. The summed E-state index contributed by atoms with van der Waals surface area (Å²) in [4.78, 5) is 25.4. The fraction of sp³-hybridized carbons (Fsp3) is 0.455. The third kappa shape index (κ3) is 2.49. The maximum atomic E-state index is 11.6. The van der Waals surface area contributed by atoms with Crippen molar-refractivity contribution in [3.8, 4) is 0 Å². The summed E-state index contributed by atoms with van der Waals surface area (Å²) >= 11 is 0. The van der Waals surface area contributed by atoms with Crippen molar-refractivity contribution in [2.45, 2.75) is 18.9 Å². The Morgan fingerprint density at radius 3 is 3.19 bits per heavy atom. The zero-order valence-electron chi connectivity index (χ0n) is 8.86. The van der Waals surface area contributed by atoms with Gasteiger partial charge in [0.25, 0.3) is 11.5 Å². The molecule has 2 rings (SSSR count). The van der Waals surface area contributed by atoms with E-state index in [1.807, 2.05) is 0 Å². The van der Waals surface area contributed by atoms with Crippen molar-refractivity contribution in [1.29, 1.82) is 0 Å². The smallest absolute Gasteiger partial charge is 0.260 e. The van der Waals surface area contributed by atoms with Crippen LogP contribution in [0.1, 0.15) is 23.2 Å². The highest BCUT2D eigenvalue weighted by Gasteiger charge is 2.17. The van der Waals surface area contributed by atoms with Gasteiger partial charge in [-0.3, -0.25) is 9.59 Å². The van der Waals surface area contributed by atoms with Gasteiger partial charge < -0.3 is 15.0 Å². The maximum absolute atomic E-state index is 11.6. The summed E-state index contributed by atoms with van der Waals surface area (Å²) in [5, 5.41) is 2.70. The Balaban J connectivity index is 1.93. The predicted octanol–water partition coefficient (Wildman–Crippen LogP) is 0.284. The largest absolute Gasteiger partial charge is 0.376 e. The van der Waals surface area contributed by atoms with Crippen LogP contribution in [0.25, 0.3) is 0 Å². The molecule has 0 unspecified atom stereocenters. The van der Waals surface area contributed by atoms with E-state index in [2.05, 4.69) is 10.3 Å². The number of nitrogens with one attached hydrogen (secondary N) is 2. The molecule has 0 radical (unpaired) electrons. The maximum Gasteiger partial charge on any atom is 0.260 e. The Bertz CT molecular complexity index is 421. The van der Waals surface area contributed by atoms with Crippen LogP contribution in [0.4, 0.5) is 0 Å². The minimum absolute atomic E-state index is 0.0896. The van der Waals surface area contributed by atoms with Crippen LogP contribution in [0, 0.1) is 0 Å². The second kappa shape index (κ2) is 4.94. The molecule has 2 heterocycles. The van der Waals surface area contributed by atoms with Crippen LogP contribution in [-0.2, 0) is 4.74 Å². The molecule has 1 saturated heterocycles. The molecule has 0 bridgehead atoms. The van der Waals surface area contributed by atoms with E-state index in [1.165, 1.54) is 12.3 Å². The molecule has 1 atom stereocenters. The second-order valence-corrected chi connectivity index (χ2v) is 3.76. The Morgan fingerprint density at radius 1 is 1.62 bits per heavy atom. The molecule has 1 amide bonds. The topological polar surface area (TPSA) is 71.2 Å². The minimum atomic E-state index is -0.368. The van der Waals surface area contributed by atoms with Crippen LogP contribution in [0.15, 0.2) is 23.1 Å². The van der Waals surface area contributed by atoms with Gasteiger partial charge in [-0.05, 0) is 25.0 Å².